The topological polar surface area (TPSA) is 122 Å². The fourth-order valence-corrected chi connectivity index (χ4v) is 4.78. The molecule has 4 aromatic rings. The third kappa shape index (κ3) is 6.22. The highest BCUT2D eigenvalue weighted by atomic mass is 35.5. The van der Waals surface area contributed by atoms with E-state index in [1.165, 1.54) is 7.11 Å². The van der Waals surface area contributed by atoms with Gasteiger partial charge in [-0.1, -0.05) is 0 Å². The van der Waals surface area contributed by atoms with Crippen molar-refractivity contribution in [3.8, 4) is 39.6 Å². The summed E-state index contributed by atoms with van der Waals surface area (Å²) < 4.78 is 10.8. The van der Waals surface area contributed by atoms with Crippen LogP contribution in [0.25, 0.3) is 33.3 Å². The Morgan fingerprint density at radius 3 is 2.41 bits per heavy atom. The molecule has 204 valence electrons. The van der Waals surface area contributed by atoms with Crippen LogP contribution < -0.4 is 31.0 Å². The summed E-state index contributed by atoms with van der Waals surface area (Å²) in [5.74, 6) is 7.13. The highest BCUT2D eigenvalue weighted by Gasteiger charge is 2.19. The van der Waals surface area contributed by atoms with Crippen molar-refractivity contribution in [2.45, 2.75) is 0 Å². The number of carbonyl (C=O) groups is 1. The van der Waals surface area contributed by atoms with Crippen LogP contribution in [0.4, 0.5) is 16.2 Å². The molecule has 0 radical (unpaired) electrons. The Morgan fingerprint density at radius 1 is 0.974 bits per heavy atom. The third-order valence-corrected chi connectivity index (χ3v) is 6.55. The van der Waals surface area contributed by atoms with Gasteiger partial charge in [0, 0.05) is 52.7 Å². The number of benzene rings is 3. The number of aromatic hydroxyl groups is 1. The second-order valence-corrected chi connectivity index (χ2v) is 9.28. The van der Waals surface area contributed by atoms with Gasteiger partial charge in [-0.3, -0.25) is 5.43 Å². The molecule has 0 aliphatic heterocycles. The Labute approximate surface area is 236 Å². The van der Waals surface area contributed by atoms with Crippen LogP contribution in [0.15, 0.2) is 60.7 Å². The fraction of sp³-hybridized carbons (Fsp3) is 0.214. The molecule has 0 unspecified atom stereocenters. The molecule has 4 rings (SSSR count). The molecule has 0 fully saturated rings. The number of amides is 2. The molecule has 1 aromatic heterocycles. The molecule has 2 amide bonds. The second kappa shape index (κ2) is 12.8. The van der Waals surface area contributed by atoms with Crippen LogP contribution in [0.1, 0.15) is 0 Å². The van der Waals surface area contributed by atoms with Crippen LogP contribution in [-0.2, 0) is 0 Å². The number of nitrogens with zero attached hydrogens (tertiary/aromatic N) is 2. The van der Waals surface area contributed by atoms with Crippen LogP contribution in [0.5, 0.6) is 17.2 Å². The summed E-state index contributed by atoms with van der Waals surface area (Å²) in [5.41, 5.74) is 7.28. The van der Waals surface area contributed by atoms with Crippen LogP contribution in [-0.4, -0.2) is 55.2 Å². The van der Waals surface area contributed by atoms with E-state index < -0.39 is 6.03 Å². The SMILES string of the molecule is COc1ccc2nc(-c3ccc(O)c(OC)c3)cc(-c3cc(NC(=O)NN)ccc3N(CCCl)CCCl)c2c1. The number of nitrogens with two attached hydrogens (primary N) is 1. The van der Waals surface area contributed by atoms with Crippen LogP contribution in [0, 0.1) is 0 Å². The van der Waals surface area contributed by atoms with Crippen molar-refractivity contribution in [3.63, 3.8) is 0 Å². The first-order valence-corrected chi connectivity index (χ1v) is 13.1. The number of hydrogen-bond acceptors (Lipinski definition) is 7. The molecule has 0 saturated heterocycles. The number of hydrogen-bond donors (Lipinski definition) is 4. The van der Waals surface area contributed by atoms with Crippen molar-refractivity contribution in [3.05, 3.63) is 60.7 Å². The van der Waals surface area contributed by atoms with E-state index in [2.05, 4.69) is 15.6 Å². The van der Waals surface area contributed by atoms with E-state index in [1.54, 1.807) is 31.4 Å². The van der Waals surface area contributed by atoms with E-state index in [9.17, 15) is 9.90 Å². The standard InChI is InChI=1S/C28H29Cl2N5O4/c1-38-19-5-6-23-21(15-19)20(16-24(33-23)17-3-8-26(36)27(13-17)39-2)22-14-18(32-28(37)34-31)4-7-25(22)35(11-9-29)12-10-30/h3-8,13-16,36H,9-12,31H2,1-2H3,(H2,32,34,37). The largest absolute Gasteiger partial charge is 0.504 e. The summed E-state index contributed by atoms with van der Waals surface area (Å²) in [7, 11) is 3.10. The third-order valence-electron chi connectivity index (χ3n) is 6.22. The average molecular weight is 570 g/mol. The van der Waals surface area contributed by atoms with Crippen molar-refractivity contribution >= 4 is 51.5 Å². The predicted octanol–water partition coefficient (Wildman–Crippen LogP) is 5.57. The molecule has 0 aliphatic rings. The van der Waals surface area contributed by atoms with Gasteiger partial charge in [-0.2, -0.15) is 0 Å². The predicted molar refractivity (Wildman–Crippen MR) is 157 cm³/mol. The van der Waals surface area contributed by atoms with Crippen LogP contribution in [0.2, 0.25) is 0 Å². The van der Waals surface area contributed by atoms with Gasteiger partial charge in [0.15, 0.2) is 11.5 Å². The Kier molecular flexibility index (Phi) is 9.19. The van der Waals surface area contributed by atoms with Gasteiger partial charge >= 0.3 is 6.03 Å². The molecule has 39 heavy (non-hydrogen) atoms. The van der Waals surface area contributed by atoms with Gasteiger partial charge in [0.2, 0.25) is 0 Å². The number of urea groups is 1. The monoisotopic (exact) mass is 569 g/mol. The van der Waals surface area contributed by atoms with Gasteiger partial charge in [-0.25, -0.2) is 15.6 Å². The van der Waals surface area contributed by atoms with Crippen molar-refractivity contribution in [1.29, 1.82) is 0 Å². The van der Waals surface area contributed by atoms with Gasteiger partial charge in [0.25, 0.3) is 0 Å². The summed E-state index contributed by atoms with van der Waals surface area (Å²) >= 11 is 12.3. The number of methoxy groups -OCH3 is 2. The summed E-state index contributed by atoms with van der Waals surface area (Å²) in [4.78, 5) is 19.0. The quantitative estimate of drug-likeness (QED) is 0.0851. The zero-order valence-electron chi connectivity index (χ0n) is 21.5. The molecule has 0 bridgehead atoms. The van der Waals surface area contributed by atoms with E-state index in [1.807, 2.05) is 36.4 Å². The van der Waals surface area contributed by atoms with Crippen molar-refractivity contribution in [2.24, 2.45) is 5.84 Å². The maximum atomic E-state index is 12.0. The number of fused-ring (bicyclic) bond motifs is 1. The molecule has 5 N–H and O–H groups in total. The number of phenols is 1. The normalized spacial score (nSPS) is 10.8. The second-order valence-electron chi connectivity index (χ2n) is 8.52. The zero-order valence-corrected chi connectivity index (χ0v) is 23.0. The molecule has 9 nitrogen and oxygen atoms in total. The lowest BCUT2D eigenvalue weighted by molar-refractivity contribution is 0.252. The summed E-state index contributed by atoms with van der Waals surface area (Å²) in [6.45, 7) is 1.12. The highest BCUT2D eigenvalue weighted by Crippen LogP contribution is 2.41. The number of hydrazine groups is 1. The Hall–Kier alpha value is -3.92. The first-order chi connectivity index (χ1) is 18.9. The first kappa shape index (κ1) is 28.1. The Bertz CT molecular complexity index is 1480. The number of alkyl halides is 2. The lowest BCUT2D eigenvalue weighted by Gasteiger charge is -2.27. The van der Waals surface area contributed by atoms with Crippen molar-refractivity contribution in [1.82, 2.24) is 10.4 Å². The molecule has 0 atom stereocenters. The number of ether oxygens (including phenoxy) is 2. The maximum absolute atomic E-state index is 12.0. The number of phenolic OH excluding ortho intramolecular Hbond substituents is 1. The number of nitrogens with one attached hydrogen (secondary N) is 2. The molecule has 0 aliphatic carbocycles. The van der Waals surface area contributed by atoms with Gasteiger partial charge in [-0.05, 0) is 66.2 Å². The van der Waals surface area contributed by atoms with Gasteiger partial charge in [0.05, 0.1) is 25.4 Å². The first-order valence-electron chi connectivity index (χ1n) is 12.1. The Balaban J connectivity index is 2.03. The van der Waals surface area contributed by atoms with Gasteiger partial charge < -0.3 is 24.8 Å². The number of anilines is 2. The molecule has 0 spiro atoms. The summed E-state index contributed by atoms with van der Waals surface area (Å²) in [6, 6.07) is 17.7. The number of carbonyl (C=O) groups excluding carboxylic acids is 1. The summed E-state index contributed by atoms with van der Waals surface area (Å²) in [6.07, 6.45) is 0. The zero-order chi connectivity index (χ0) is 27.9. The molecule has 1 heterocycles. The molecule has 0 saturated carbocycles. The van der Waals surface area contributed by atoms with Gasteiger partial charge in [0.1, 0.15) is 5.75 Å². The molecular formula is C28H29Cl2N5O4. The Morgan fingerprint density at radius 2 is 1.74 bits per heavy atom. The van der Waals surface area contributed by atoms with E-state index >= 15 is 0 Å². The van der Waals surface area contributed by atoms with E-state index in [4.69, 9.17) is 43.5 Å². The van der Waals surface area contributed by atoms with Crippen LogP contribution >= 0.6 is 23.2 Å². The number of aromatic nitrogens is 1. The van der Waals surface area contributed by atoms with Gasteiger partial charge in [-0.15, -0.1) is 23.2 Å². The van der Waals surface area contributed by atoms with E-state index in [-0.39, 0.29) is 5.75 Å². The van der Waals surface area contributed by atoms with Crippen molar-refractivity contribution in [2.75, 3.05) is 49.3 Å². The lowest BCUT2D eigenvalue weighted by Crippen LogP contribution is -2.34. The molecular weight excluding hydrogens is 541 g/mol. The number of pyridine rings is 1. The lowest BCUT2D eigenvalue weighted by atomic mass is 9.95. The minimum absolute atomic E-state index is 0.0315. The number of halogens is 2. The van der Waals surface area contributed by atoms with E-state index in [0.29, 0.717) is 47.7 Å². The smallest absolute Gasteiger partial charge is 0.333 e. The fourth-order valence-electron chi connectivity index (χ4n) is 4.37. The summed E-state index contributed by atoms with van der Waals surface area (Å²) in [5, 5.41) is 13.7. The van der Waals surface area contributed by atoms with E-state index in [0.717, 1.165) is 33.3 Å². The number of rotatable bonds is 10. The highest BCUT2D eigenvalue weighted by molar-refractivity contribution is 6.18. The van der Waals surface area contributed by atoms with Crippen LogP contribution in [0.3, 0.4) is 0 Å². The minimum Gasteiger partial charge on any atom is -0.504 e. The molecule has 11 heteroatoms. The molecule has 3 aromatic carbocycles. The minimum atomic E-state index is -0.551. The van der Waals surface area contributed by atoms with Crippen molar-refractivity contribution < 1.29 is 19.4 Å². The average Bonchev–Trinajstić information content (AvgIpc) is 2.96. The maximum Gasteiger partial charge on any atom is 0.333 e.